The highest BCUT2D eigenvalue weighted by molar-refractivity contribution is 9.09. The van der Waals surface area contributed by atoms with Crippen molar-refractivity contribution in [2.45, 2.75) is 11.2 Å². The molecule has 0 aliphatic rings. The van der Waals surface area contributed by atoms with Crippen LogP contribution in [0.15, 0.2) is 18.2 Å². The first-order chi connectivity index (χ1) is 9.45. The van der Waals surface area contributed by atoms with Crippen molar-refractivity contribution in [2.24, 2.45) is 0 Å². The van der Waals surface area contributed by atoms with E-state index in [9.17, 15) is 19.3 Å². The van der Waals surface area contributed by atoms with Gasteiger partial charge in [0, 0.05) is 18.5 Å². The van der Waals surface area contributed by atoms with Crippen LogP contribution in [0.5, 0.6) is 0 Å². The van der Waals surface area contributed by atoms with Crippen molar-refractivity contribution in [1.29, 1.82) is 0 Å². The molecule has 0 aliphatic heterocycles. The van der Waals surface area contributed by atoms with E-state index in [1.54, 1.807) is 7.11 Å². The van der Waals surface area contributed by atoms with Gasteiger partial charge in [0.2, 0.25) is 0 Å². The van der Waals surface area contributed by atoms with Gasteiger partial charge in [0.25, 0.3) is 11.6 Å². The standard InChI is InChI=1S/C12H14BrFN2O4/c1-20-7-8(13)4-5-15-12(17)10-3-2-9(14)6-11(10)16(18)19/h2-3,6,8H,4-5,7H2,1H3,(H,15,17). The Labute approximate surface area is 123 Å². The second-order valence-electron chi connectivity index (χ2n) is 4.02. The fourth-order valence-corrected chi connectivity index (χ4v) is 2.04. The second kappa shape index (κ2) is 7.91. The minimum absolute atomic E-state index is 0.0796. The van der Waals surface area contributed by atoms with Gasteiger partial charge in [-0.25, -0.2) is 4.39 Å². The number of alkyl halides is 1. The van der Waals surface area contributed by atoms with Crippen LogP contribution in [0.4, 0.5) is 10.1 Å². The zero-order valence-electron chi connectivity index (χ0n) is 10.8. The van der Waals surface area contributed by atoms with Gasteiger partial charge in [-0.2, -0.15) is 0 Å². The Morgan fingerprint density at radius 2 is 2.30 bits per heavy atom. The van der Waals surface area contributed by atoms with Gasteiger partial charge in [-0.15, -0.1) is 0 Å². The summed E-state index contributed by atoms with van der Waals surface area (Å²) in [5, 5.41) is 13.3. The average Bonchev–Trinajstić information content (AvgIpc) is 2.38. The number of nitro benzene ring substituents is 1. The quantitative estimate of drug-likeness (QED) is 0.465. The van der Waals surface area contributed by atoms with E-state index >= 15 is 0 Å². The third kappa shape index (κ3) is 4.86. The molecule has 0 saturated carbocycles. The number of carbonyl (C=O) groups excluding carboxylic acids is 1. The van der Waals surface area contributed by atoms with Gasteiger partial charge in [0.15, 0.2) is 0 Å². The van der Waals surface area contributed by atoms with Crippen LogP contribution in [-0.2, 0) is 4.74 Å². The lowest BCUT2D eigenvalue weighted by Gasteiger charge is -2.09. The molecule has 1 amide bonds. The summed E-state index contributed by atoms with van der Waals surface area (Å²) in [4.78, 5) is 21.9. The van der Waals surface area contributed by atoms with Crippen LogP contribution in [0.2, 0.25) is 0 Å². The zero-order valence-corrected chi connectivity index (χ0v) is 12.4. The fraction of sp³-hybridized carbons (Fsp3) is 0.417. The van der Waals surface area contributed by atoms with Crippen LogP contribution >= 0.6 is 15.9 Å². The minimum atomic E-state index is -0.782. The average molecular weight is 349 g/mol. The van der Waals surface area contributed by atoms with Crippen molar-refractivity contribution in [3.63, 3.8) is 0 Å². The van der Waals surface area contributed by atoms with Gasteiger partial charge >= 0.3 is 0 Å². The number of rotatable bonds is 7. The molecular weight excluding hydrogens is 335 g/mol. The Morgan fingerprint density at radius 1 is 1.60 bits per heavy atom. The molecular formula is C12H14BrFN2O4. The molecule has 1 atom stereocenters. The summed E-state index contributed by atoms with van der Waals surface area (Å²) in [7, 11) is 1.56. The Balaban J connectivity index is 2.66. The van der Waals surface area contributed by atoms with Crippen LogP contribution in [0.3, 0.4) is 0 Å². The molecule has 0 radical (unpaired) electrons. The molecule has 8 heteroatoms. The lowest BCUT2D eigenvalue weighted by atomic mass is 10.1. The Kier molecular flexibility index (Phi) is 6.53. The van der Waals surface area contributed by atoms with E-state index in [-0.39, 0.29) is 10.4 Å². The molecule has 0 aliphatic carbocycles. The molecule has 1 aromatic rings. The van der Waals surface area contributed by atoms with Crippen molar-refractivity contribution >= 4 is 27.5 Å². The summed E-state index contributed by atoms with van der Waals surface area (Å²) < 4.78 is 17.9. The third-order valence-corrected chi connectivity index (χ3v) is 3.21. The second-order valence-corrected chi connectivity index (χ2v) is 5.31. The fourth-order valence-electron chi connectivity index (χ4n) is 1.55. The molecule has 1 unspecified atom stereocenters. The molecule has 0 aromatic heterocycles. The number of nitrogens with zero attached hydrogens (tertiary/aromatic N) is 1. The van der Waals surface area contributed by atoms with Gasteiger partial charge in [-0.3, -0.25) is 14.9 Å². The minimum Gasteiger partial charge on any atom is -0.384 e. The van der Waals surface area contributed by atoms with Crippen molar-refractivity contribution in [3.05, 3.63) is 39.7 Å². The van der Waals surface area contributed by atoms with Gasteiger partial charge in [-0.1, -0.05) is 15.9 Å². The molecule has 0 saturated heterocycles. The van der Waals surface area contributed by atoms with E-state index in [2.05, 4.69) is 21.2 Å². The normalized spacial score (nSPS) is 11.9. The van der Waals surface area contributed by atoms with Crippen LogP contribution in [0.1, 0.15) is 16.8 Å². The Hall–Kier alpha value is -1.54. The lowest BCUT2D eigenvalue weighted by molar-refractivity contribution is -0.385. The van der Waals surface area contributed by atoms with E-state index in [1.165, 1.54) is 0 Å². The molecule has 6 nitrogen and oxygen atoms in total. The van der Waals surface area contributed by atoms with Crippen molar-refractivity contribution in [1.82, 2.24) is 5.32 Å². The number of hydrogen-bond donors (Lipinski definition) is 1. The lowest BCUT2D eigenvalue weighted by Crippen LogP contribution is -2.27. The highest BCUT2D eigenvalue weighted by Gasteiger charge is 2.20. The topological polar surface area (TPSA) is 81.5 Å². The highest BCUT2D eigenvalue weighted by atomic mass is 79.9. The number of hydrogen-bond acceptors (Lipinski definition) is 4. The number of benzene rings is 1. The predicted molar refractivity (Wildman–Crippen MR) is 74.6 cm³/mol. The zero-order chi connectivity index (χ0) is 15.1. The molecule has 0 fully saturated rings. The summed E-state index contributed by atoms with van der Waals surface area (Å²) in [6.45, 7) is 0.819. The van der Waals surface area contributed by atoms with Gasteiger partial charge in [0.1, 0.15) is 11.4 Å². The number of nitro groups is 1. The summed E-state index contributed by atoms with van der Waals surface area (Å²) in [5.41, 5.74) is -0.705. The number of halogens is 2. The molecule has 1 N–H and O–H groups in total. The first kappa shape index (κ1) is 16.5. The molecule has 20 heavy (non-hydrogen) atoms. The van der Waals surface area contributed by atoms with Crippen molar-refractivity contribution < 1.29 is 18.8 Å². The van der Waals surface area contributed by atoms with E-state index in [0.717, 1.165) is 18.2 Å². The maximum Gasteiger partial charge on any atom is 0.285 e. The van der Waals surface area contributed by atoms with Crippen LogP contribution in [-0.4, -0.2) is 35.9 Å². The van der Waals surface area contributed by atoms with Gasteiger partial charge in [0.05, 0.1) is 17.6 Å². The smallest absolute Gasteiger partial charge is 0.285 e. The van der Waals surface area contributed by atoms with E-state index in [0.29, 0.717) is 19.6 Å². The van der Waals surface area contributed by atoms with E-state index < -0.39 is 22.3 Å². The van der Waals surface area contributed by atoms with Crippen molar-refractivity contribution in [3.8, 4) is 0 Å². The van der Waals surface area contributed by atoms with Gasteiger partial charge in [-0.05, 0) is 18.6 Å². The summed E-state index contributed by atoms with van der Waals surface area (Å²) in [6.07, 6.45) is 0.606. The van der Waals surface area contributed by atoms with Crippen molar-refractivity contribution in [2.75, 3.05) is 20.3 Å². The number of carbonyl (C=O) groups is 1. The summed E-state index contributed by atoms with van der Waals surface area (Å²) >= 11 is 3.36. The first-order valence-electron chi connectivity index (χ1n) is 5.81. The van der Waals surface area contributed by atoms with E-state index in [1.807, 2.05) is 0 Å². The van der Waals surface area contributed by atoms with E-state index in [4.69, 9.17) is 4.74 Å². The number of ether oxygens (including phenoxy) is 1. The molecule has 110 valence electrons. The molecule has 1 aromatic carbocycles. The van der Waals surface area contributed by atoms with Crippen LogP contribution < -0.4 is 5.32 Å². The van der Waals surface area contributed by atoms with Crippen LogP contribution in [0.25, 0.3) is 0 Å². The molecule has 0 spiro atoms. The predicted octanol–water partition coefficient (Wildman–Crippen LogP) is 2.26. The Morgan fingerprint density at radius 3 is 2.90 bits per heavy atom. The number of methoxy groups -OCH3 is 1. The SMILES string of the molecule is COCC(Br)CCNC(=O)c1ccc(F)cc1[N+](=O)[O-]. The third-order valence-electron chi connectivity index (χ3n) is 2.49. The molecule has 1 rings (SSSR count). The van der Waals surface area contributed by atoms with Crippen LogP contribution in [0, 0.1) is 15.9 Å². The number of amides is 1. The number of nitrogens with one attached hydrogen (secondary N) is 1. The van der Waals surface area contributed by atoms with Gasteiger partial charge < -0.3 is 10.1 Å². The summed E-state index contributed by atoms with van der Waals surface area (Å²) in [5.74, 6) is -1.36. The molecule has 0 bridgehead atoms. The maximum absolute atomic E-state index is 13.0. The molecule has 0 heterocycles. The summed E-state index contributed by atoms with van der Waals surface area (Å²) in [6, 6.07) is 2.84. The Bertz CT molecular complexity index is 498. The largest absolute Gasteiger partial charge is 0.384 e. The monoisotopic (exact) mass is 348 g/mol. The first-order valence-corrected chi connectivity index (χ1v) is 6.72. The maximum atomic E-state index is 13.0. The highest BCUT2D eigenvalue weighted by Crippen LogP contribution is 2.19.